The number of halogens is 3. The fraction of sp³-hybridized carbons (Fsp3) is 0.200. The fourth-order valence-corrected chi connectivity index (χ4v) is 2.51. The number of nitrogens with one attached hydrogen (secondary N) is 1. The van der Waals surface area contributed by atoms with Gasteiger partial charge in [0.25, 0.3) is 0 Å². The minimum absolute atomic E-state index is 0.0343. The van der Waals surface area contributed by atoms with Crippen LogP contribution >= 0.6 is 27.5 Å². The average molecular weight is 320 g/mol. The molecule has 17 heavy (non-hydrogen) atoms. The highest BCUT2D eigenvalue weighted by atomic mass is 79.9. The third kappa shape index (κ3) is 2.36. The van der Waals surface area contributed by atoms with Crippen LogP contribution in [0.5, 0.6) is 0 Å². The van der Waals surface area contributed by atoms with Crippen LogP contribution in [0.1, 0.15) is 16.5 Å². The predicted molar refractivity (Wildman–Crippen MR) is 64.9 cm³/mol. The van der Waals surface area contributed by atoms with Gasteiger partial charge in [0.05, 0.1) is 21.6 Å². The second kappa shape index (κ2) is 5.16. The van der Waals surface area contributed by atoms with Crippen molar-refractivity contribution in [2.75, 3.05) is 7.05 Å². The molecule has 0 saturated heterocycles. The zero-order chi connectivity index (χ0) is 12.4. The van der Waals surface area contributed by atoms with E-state index in [-0.39, 0.29) is 10.0 Å². The van der Waals surface area contributed by atoms with Gasteiger partial charge in [-0.25, -0.2) is 8.78 Å². The zero-order valence-corrected chi connectivity index (χ0v) is 11.1. The summed E-state index contributed by atoms with van der Waals surface area (Å²) in [4.78, 5) is 0.656. The van der Waals surface area contributed by atoms with Crippen LogP contribution in [0.15, 0.2) is 22.8 Å². The molecule has 2 aromatic rings. The molecule has 0 fully saturated rings. The molecule has 1 aromatic heterocycles. The smallest absolute Gasteiger partial charge is 0.145 e. The quantitative estimate of drug-likeness (QED) is 0.884. The maximum absolute atomic E-state index is 13.9. The molecule has 0 bridgehead atoms. The second-order valence-corrected chi connectivity index (χ2v) is 4.97. The van der Waals surface area contributed by atoms with E-state index < -0.39 is 17.7 Å². The Hall–Kier alpha value is -0.920. The van der Waals surface area contributed by atoms with Gasteiger partial charge in [-0.15, -0.1) is 5.10 Å². The average Bonchev–Trinajstić information content (AvgIpc) is 2.83. The summed E-state index contributed by atoms with van der Waals surface area (Å²) in [6.45, 7) is 0. The van der Waals surface area contributed by atoms with Gasteiger partial charge in [-0.2, -0.15) is 0 Å². The standard InChI is InChI=1S/C10H8BrF2N3S/c1-14-10(7-4-15-16-17-7)8-6(12)3-2-5(11)9(8)13/h2-4,10,14H,1H3. The summed E-state index contributed by atoms with van der Waals surface area (Å²) < 4.78 is 31.6. The van der Waals surface area contributed by atoms with Crippen LogP contribution in [0.3, 0.4) is 0 Å². The molecular formula is C10H8BrF2N3S. The molecule has 1 aromatic carbocycles. The van der Waals surface area contributed by atoms with Crippen molar-refractivity contribution in [3.8, 4) is 0 Å². The van der Waals surface area contributed by atoms with Gasteiger partial charge in [0.1, 0.15) is 11.6 Å². The van der Waals surface area contributed by atoms with E-state index in [0.29, 0.717) is 4.88 Å². The first kappa shape index (κ1) is 12.5. The van der Waals surface area contributed by atoms with Crippen molar-refractivity contribution in [1.82, 2.24) is 14.9 Å². The van der Waals surface area contributed by atoms with Crippen LogP contribution in [0.2, 0.25) is 0 Å². The largest absolute Gasteiger partial charge is 0.308 e. The predicted octanol–water partition coefficient (Wildman–Crippen LogP) is 2.89. The Bertz CT molecular complexity index is 519. The van der Waals surface area contributed by atoms with E-state index in [1.165, 1.54) is 18.3 Å². The third-order valence-corrected chi connectivity index (χ3v) is 3.66. The molecule has 0 spiro atoms. The Morgan fingerprint density at radius 2 is 2.18 bits per heavy atom. The maximum atomic E-state index is 13.9. The van der Waals surface area contributed by atoms with Gasteiger partial charge in [0.15, 0.2) is 0 Å². The van der Waals surface area contributed by atoms with Crippen LogP contribution in [-0.2, 0) is 0 Å². The number of rotatable bonds is 3. The number of aromatic nitrogens is 2. The maximum Gasteiger partial charge on any atom is 0.145 e. The van der Waals surface area contributed by atoms with Crippen LogP contribution in [0.4, 0.5) is 8.78 Å². The van der Waals surface area contributed by atoms with E-state index >= 15 is 0 Å². The van der Waals surface area contributed by atoms with Crippen molar-refractivity contribution in [2.45, 2.75) is 6.04 Å². The highest BCUT2D eigenvalue weighted by Gasteiger charge is 2.23. The molecule has 90 valence electrons. The summed E-state index contributed by atoms with van der Waals surface area (Å²) in [5.41, 5.74) is -0.0343. The van der Waals surface area contributed by atoms with Gasteiger partial charge in [-0.3, -0.25) is 0 Å². The van der Waals surface area contributed by atoms with Gasteiger partial charge in [-0.05, 0) is 46.6 Å². The third-order valence-electron chi connectivity index (χ3n) is 2.32. The highest BCUT2D eigenvalue weighted by Crippen LogP contribution is 2.31. The second-order valence-electron chi connectivity index (χ2n) is 3.30. The first-order chi connectivity index (χ1) is 8.15. The summed E-state index contributed by atoms with van der Waals surface area (Å²) in [5, 5.41) is 6.53. The molecule has 1 heterocycles. The van der Waals surface area contributed by atoms with Crippen molar-refractivity contribution < 1.29 is 8.78 Å². The molecule has 1 atom stereocenters. The van der Waals surface area contributed by atoms with Crippen molar-refractivity contribution in [1.29, 1.82) is 0 Å². The Morgan fingerprint density at radius 3 is 2.76 bits per heavy atom. The molecule has 0 radical (unpaired) electrons. The van der Waals surface area contributed by atoms with E-state index in [2.05, 4.69) is 30.8 Å². The number of hydrogen-bond donors (Lipinski definition) is 1. The van der Waals surface area contributed by atoms with Crippen molar-refractivity contribution >= 4 is 27.5 Å². The lowest BCUT2D eigenvalue weighted by atomic mass is 10.0. The van der Waals surface area contributed by atoms with Gasteiger partial charge in [0, 0.05) is 5.56 Å². The van der Waals surface area contributed by atoms with Gasteiger partial charge >= 0.3 is 0 Å². The lowest BCUT2D eigenvalue weighted by molar-refractivity contribution is 0.521. The van der Waals surface area contributed by atoms with Crippen LogP contribution in [0.25, 0.3) is 0 Å². The summed E-state index contributed by atoms with van der Waals surface area (Å²) >= 11 is 4.15. The summed E-state index contributed by atoms with van der Waals surface area (Å²) in [6.07, 6.45) is 1.49. The summed E-state index contributed by atoms with van der Waals surface area (Å²) in [6, 6.07) is 1.97. The number of benzene rings is 1. The molecular weight excluding hydrogens is 312 g/mol. The molecule has 1 N–H and O–H groups in total. The molecule has 0 aliphatic rings. The highest BCUT2D eigenvalue weighted by molar-refractivity contribution is 9.10. The van der Waals surface area contributed by atoms with Gasteiger partial charge in [0.2, 0.25) is 0 Å². The molecule has 0 amide bonds. The monoisotopic (exact) mass is 319 g/mol. The van der Waals surface area contributed by atoms with Crippen molar-refractivity contribution in [3.63, 3.8) is 0 Å². The number of nitrogens with zero attached hydrogens (tertiary/aromatic N) is 2. The minimum atomic E-state index is -0.613. The molecule has 0 aliphatic carbocycles. The zero-order valence-electron chi connectivity index (χ0n) is 8.75. The van der Waals surface area contributed by atoms with E-state index in [4.69, 9.17) is 0 Å². The SMILES string of the molecule is CNC(c1cnns1)c1c(F)ccc(Br)c1F. The first-order valence-electron chi connectivity index (χ1n) is 4.73. The molecule has 2 rings (SSSR count). The van der Waals surface area contributed by atoms with E-state index in [0.717, 1.165) is 11.5 Å². The Balaban J connectivity index is 2.55. The normalized spacial score (nSPS) is 12.7. The fourth-order valence-electron chi connectivity index (χ4n) is 1.54. The molecule has 0 saturated carbocycles. The molecule has 3 nitrogen and oxygen atoms in total. The Morgan fingerprint density at radius 1 is 1.41 bits per heavy atom. The topological polar surface area (TPSA) is 37.8 Å². The lowest BCUT2D eigenvalue weighted by Crippen LogP contribution is -2.19. The lowest BCUT2D eigenvalue weighted by Gasteiger charge is -2.16. The molecule has 0 aliphatic heterocycles. The van der Waals surface area contributed by atoms with Crippen molar-refractivity contribution in [3.05, 3.63) is 44.9 Å². The molecule has 7 heteroatoms. The van der Waals surface area contributed by atoms with Crippen LogP contribution in [-0.4, -0.2) is 16.6 Å². The Labute approximate surface area is 109 Å². The van der Waals surface area contributed by atoms with Crippen LogP contribution in [0, 0.1) is 11.6 Å². The van der Waals surface area contributed by atoms with E-state index in [9.17, 15) is 8.78 Å². The minimum Gasteiger partial charge on any atom is -0.308 e. The summed E-state index contributed by atoms with van der Waals surface area (Å²) in [5.74, 6) is -1.21. The van der Waals surface area contributed by atoms with Gasteiger partial charge in [-0.1, -0.05) is 4.49 Å². The van der Waals surface area contributed by atoms with Crippen LogP contribution < -0.4 is 5.32 Å². The number of hydrogen-bond acceptors (Lipinski definition) is 4. The van der Waals surface area contributed by atoms with Crippen molar-refractivity contribution in [2.24, 2.45) is 0 Å². The van der Waals surface area contributed by atoms with E-state index in [1.807, 2.05) is 0 Å². The molecule has 1 unspecified atom stereocenters. The van der Waals surface area contributed by atoms with E-state index in [1.54, 1.807) is 7.05 Å². The van der Waals surface area contributed by atoms with Gasteiger partial charge < -0.3 is 5.32 Å². The summed E-state index contributed by atoms with van der Waals surface area (Å²) in [7, 11) is 1.63. The first-order valence-corrected chi connectivity index (χ1v) is 6.29. The Kier molecular flexibility index (Phi) is 3.80.